The van der Waals surface area contributed by atoms with E-state index < -0.39 is 0 Å². The average Bonchev–Trinajstić information content (AvgIpc) is 2.13. The molecule has 17 heavy (non-hydrogen) atoms. The summed E-state index contributed by atoms with van der Waals surface area (Å²) in [5, 5.41) is 3.58. The molecule has 0 aromatic carbocycles. The maximum Gasteiger partial charge on any atom is 0.0608 e. The highest BCUT2D eigenvalue weighted by atomic mass is 16.5. The molecule has 0 radical (unpaired) electrons. The zero-order valence-corrected chi connectivity index (χ0v) is 11.9. The van der Waals surface area contributed by atoms with E-state index in [9.17, 15) is 0 Å². The first-order valence-corrected chi connectivity index (χ1v) is 7.44. The van der Waals surface area contributed by atoms with E-state index in [4.69, 9.17) is 4.74 Å². The molecule has 2 aliphatic rings. The standard InChI is InChI=1S/C15H29NO/c1-10-5-11(2)7-14(6-10)17-15-8-12(3)16-13(4)9-15/h10-16H,5-9H2,1-4H3. The third-order valence-corrected chi connectivity index (χ3v) is 4.32. The minimum absolute atomic E-state index is 0.490. The first kappa shape index (κ1) is 13.4. The summed E-state index contributed by atoms with van der Waals surface area (Å²) in [7, 11) is 0. The zero-order valence-electron chi connectivity index (χ0n) is 11.9. The van der Waals surface area contributed by atoms with Crippen LogP contribution >= 0.6 is 0 Å². The van der Waals surface area contributed by atoms with E-state index in [0.717, 1.165) is 11.8 Å². The number of nitrogens with one attached hydrogen (secondary N) is 1. The van der Waals surface area contributed by atoms with Gasteiger partial charge >= 0.3 is 0 Å². The van der Waals surface area contributed by atoms with Crippen LogP contribution < -0.4 is 5.32 Å². The van der Waals surface area contributed by atoms with Gasteiger partial charge < -0.3 is 10.1 Å². The van der Waals surface area contributed by atoms with Gasteiger partial charge in [0.1, 0.15) is 0 Å². The molecule has 0 amide bonds. The van der Waals surface area contributed by atoms with Crippen molar-refractivity contribution in [1.29, 1.82) is 0 Å². The van der Waals surface area contributed by atoms with Gasteiger partial charge in [-0.1, -0.05) is 13.8 Å². The molecule has 0 aromatic heterocycles. The fourth-order valence-electron chi connectivity index (χ4n) is 3.87. The molecular weight excluding hydrogens is 210 g/mol. The molecule has 1 heterocycles. The molecule has 0 bridgehead atoms. The Kier molecular flexibility index (Phi) is 4.48. The maximum atomic E-state index is 6.37. The van der Waals surface area contributed by atoms with Gasteiger partial charge in [0.15, 0.2) is 0 Å². The minimum Gasteiger partial charge on any atom is -0.375 e. The average molecular weight is 239 g/mol. The van der Waals surface area contributed by atoms with Gasteiger partial charge in [-0.2, -0.15) is 0 Å². The van der Waals surface area contributed by atoms with Crippen molar-refractivity contribution in [1.82, 2.24) is 5.32 Å². The molecule has 2 rings (SSSR count). The summed E-state index contributed by atoms with van der Waals surface area (Å²) in [5.41, 5.74) is 0. The van der Waals surface area contributed by atoms with Crippen LogP contribution in [0.25, 0.3) is 0 Å². The molecule has 1 aliphatic heterocycles. The van der Waals surface area contributed by atoms with Crippen LogP contribution in [-0.4, -0.2) is 24.3 Å². The number of piperidine rings is 1. The Hall–Kier alpha value is -0.0800. The van der Waals surface area contributed by atoms with Crippen LogP contribution in [0.2, 0.25) is 0 Å². The Balaban J connectivity index is 1.83. The van der Waals surface area contributed by atoms with Crippen molar-refractivity contribution >= 4 is 0 Å². The van der Waals surface area contributed by atoms with Crippen LogP contribution in [-0.2, 0) is 4.74 Å². The summed E-state index contributed by atoms with van der Waals surface area (Å²) in [6.07, 6.45) is 7.32. The molecule has 2 heteroatoms. The van der Waals surface area contributed by atoms with Crippen LogP contribution in [0.15, 0.2) is 0 Å². The Morgan fingerprint density at radius 3 is 1.71 bits per heavy atom. The van der Waals surface area contributed by atoms with E-state index in [1.54, 1.807) is 0 Å². The minimum atomic E-state index is 0.490. The van der Waals surface area contributed by atoms with E-state index in [2.05, 4.69) is 33.0 Å². The van der Waals surface area contributed by atoms with Crippen molar-refractivity contribution in [2.24, 2.45) is 11.8 Å². The summed E-state index contributed by atoms with van der Waals surface area (Å²) in [6.45, 7) is 9.30. The predicted octanol–water partition coefficient (Wildman–Crippen LogP) is 3.36. The molecule has 1 saturated carbocycles. The largest absolute Gasteiger partial charge is 0.375 e. The van der Waals surface area contributed by atoms with E-state index in [0.29, 0.717) is 24.3 Å². The number of hydrogen-bond donors (Lipinski definition) is 1. The van der Waals surface area contributed by atoms with Crippen molar-refractivity contribution < 1.29 is 4.74 Å². The normalized spacial score (nSPS) is 48.0. The van der Waals surface area contributed by atoms with Crippen molar-refractivity contribution in [2.75, 3.05) is 0 Å². The summed E-state index contributed by atoms with van der Waals surface area (Å²) in [6, 6.07) is 1.23. The summed E-state index contributed by atoms with van der Waals surface area (Å²) >= 11 is 0. The number of ether oxygens (including phenoxy) is 1. The smallest absolute Gasteiger partial charge is 0.0608 e. The van der Waals surface area contributed by atoms with Gasteiger partial charge in [-0.3, -0.25) is 0 Å². The number of hydrogen-bond acceptors (Lipinski definition) is 2. The first-order chi connectivity index (χ1) is 8.02. The lowest BCUT2D eigenvalue weighted by Crippen LogP contribution is -2.46. The van der Waals surface area contributed by atoms with Gasteiger partial charge in [-0.25, -0.2) is 0 Å². The van der Waals surface area contributed by atoms with E-state index in [1.165, 1.54) is 32.1 Å². The second-order valence-electron chi connectivity index (χ2n) is 6.74. The summed E-state index contributed by atoms with van der Waals surface area (Å²) in [5.74, 6) is 1.70. The molecule has 1 N–H and O–H groups in total. The lowest BCUT2D eigenvalue weighted by atomic mass is 9.81. The van der Waals surface area contributed by atoms with Crippen LogP contribution in [0, 0.1) is 11.8 Å². The molecule has 4 atom stereocenters. The lowest BCUT2D eigenvalue weighted by molar-refractivity contribution is -0.0689. The highest BCUT2D eigenvalue weighted by Gasteiger charge is 2.30. The van der Waals surface area contributed by atoms with Crippen molar-refractivity contribution in [2.45, 2.75) is 84.1 Å². The molecule has 100 valence electrons. The third-order valence-electron chi connectivity index (χ3n) is 4.32. The summed E-state index contributed by atoms with van der Waals surface area (Å²) in [4.78, 5) is 0. The monoisotopic (exact) mass is 239 g/mol. The fourth-order valence-corrected chi connectivity index (χ4v) is 3.87. The number of rotatable bonds is 2. The van der Waals surface area contributed by atoms with Gasteiger partial charge in [0.2, 0.25) is 0 Å². The van der Waals surface area contributed by atoms with Gasteiger partial charge in [0.25, 0.3) is 0 Å². The van der Waals surface area contributed by atoms with E-state index >= 15 is 0 Å². The van der Waals surface area contributed by atoms with E-state index in [-0.39, 0.29) is 0 Å². The van der Waals surface area contributed by atoms with Crippen LogP contribution in [0.5, 0.6) is 0 Å². The maximum absolute atomic E-state index is 6.37. The second-order valence-corrected chi connectivity index (χ2v) is 6.74. The molecule has 2 nitrogen and oxygen atoms in total. The van der Waals surface area contributed by atoms with Gasteiger partial charge in [0.05, 0.1) is 12.2 Å². The highest BCUT2D eigenvalue weighted by molar-refractivity contribution is 4.83. The van der Waals surface area contributed by atoms with Gasteiger partial charge in [-0.05, 0) is 57.8 Å². The second kappa shape index (κ2) is 5.71. The molecular formula is C15H29NO. The zero-order chi connectivity index (χ0) is 12.4. The van der Waals surface area contributed by atoms with Crippen molar-refractivity contribution in [3.63, 3.8) is 0 Å². The third kappa shape index (κ3) is 3.96. The topological polar surface area (TPSA) is 21.3 Å². The first-order valence-electron chi connectivity index (χ1n) is 7.44. The molecule has 1 saturated heterocycles. The van der Waals surface area contributed by atoms with Crippen LogP contribution in [0.1, 0.15) is 59.8 Å². The van der Waals surface area contributed by atoms with Crippen molar-refractivity contribution in [3.8, 4) is 0 Å². The molecule has 0 aromatic rings. The predicted molar refractivity (Wildman–Crippen MR) is 72.1 cm³/mol. The quantitative estimate of drug-likeness (QED) is 0.798. The van der Waals surface area contributed by atoms with E-state index in [1.807, 2.05) is 0 Å². The summed E-state index contributed by atoms with van der Waals surface area (Å²) < 4.78 is 6.37. The Bertz CT molecular complexity index is 199. The molecule has 2 fully saturated rings. The van der Waals surface area contributed by atoms with Gasteiger partial charge in [-0.15, -0.1) is 0 Å². The fraction of sp³-hybridized carbons (Fsp3) is 1.00. The highest BCUT2D eigenvalue weighted by Crippen LogP contribution is 2.32. The Morgan fingerprint density at radius 1 is 0.706 bits per heavy atom. The van der Waals surface area contributed by atoms with Gasteiger partial charge in [0, 0.05) is 12.1 Å². The van der Waals surface area contributed by atoms with Crippen LogP contribution in [0.4, 0.5) is 0 Å². The van der Waals surface area contributed by atoms with Crippen molar-refractivity contribution in [3.05, 3.63) is 0 Å². The molecule has 4 unspecified atom stereocenters. The lowest BCUT2D eigenvalue weighted by Gasteiger charge is -2.38. The Labute approximate surface area is 107 Å². The Morgan fingerprint density at radius 2 is 1.18 bits per heavy atom. The van der Waals surface area contributed by atoms with Crippen LogP contribution in [0.3, 0.4) is 0 Å². The SMILES string of the molecule is CC1CC(C)CC(OC2CC(C)NC(C)C2)C1. The molecule has 1 aliphatic carbocycles. The molecule has 0 spiro atoms.